The lowest BCUT2D eigenvalue weighted by Gasteiger charge is -1.92. The minimum absolute atomic E-state index is 1.12. The molecule has 1 heterocycles. The average Bonchev–Trinajstić information content (AvgIpc) is 2.70. The Balaban J connectivity index is 2.15. The fraction of sp³-hybridized carbons (Fsp3) is 0. The molecule has 0 spiro atoms. The van der Waals surface area contributed by atoms with Crippen LogP contribution in [0, 0.1) is 0 Å². The molecule has 1 aromatic heterocycles. The maximum Gasteiger partial charge on any atom is 0.0270 e. The molecule has 0 N–H and O–H groups in total. The Labute approximate surface area is 96.0 Å². The Morgan fingerprint density at radius 3 is 2.43 bits per heavy atom. The number of thiophene rings is 1. The maximum absolute atomic E-state index is 3.41. The van der Waals surface area contributed by atoms with Gasteiger partial charge in [0, 0.05) is 9.35 Å². The number of rotatable bonds is 2. The van der Waals surface area contributed by atoms with Gasteiger partial charge in [-0.2, -0.15) is 0 Å². The van der Waals surface area contributed by atoms with Crippen LogP contribution in [-0.2, 0) is 0 Å². The highest BCUT2D eigenvalue weighted by Gasteiger charge is 1.88. The van der Waals surface area contributed by atoms with Crippen LogP contribution in [0.25, 0.3) is 12.2 Å². The molecule has 0 atom stereocenters. The third kappa shape index (κ3) is 2.56. The second kappa shape index (κ2) is 4.58. The molecule has 0 aliphatic heterocycles. The van der Waals surface area contributed by atoms with Crippen LogP contribution in [0.5, 0.6) is 0 Å². The fourth-order valence-electron chi connectivity index (χ4n) is 1.14. The lowest BCUT2D eigenvalue weighted by Crippen LogP contribution is -1.69. The largest absolute Gasteiger partial charge is 0.144 e. The number of halogens is 1. The van der Waals surface area contributed by atoms with E-state index in [9.17, 15) is 0 Å². The zero-order chi connectivity index (χ0) is 9.80. The summed E-state index contributed by atoms with van der Waals surface area (Å²) in [7, 11) is 0. The van der Waals surface area contributed by atoms with Crippen molar-refractivity contribution in [2.45, 2.75) is 0 Å². The summed E-state index contributed by atoms with van der Waals surface area (Å²) in [5.74, 6) is 0. The van der Waals surface area contributed by atoms with E-state index >= 15 is 0 Å². The van der Waals surface area contributed by atoms with E-state index in [4.69, 9.17) is 0 Å². The Kier molecular flexibility index (Phi) is 3.17. The topological polar surface area (TPSA) is 0 Å². The van der Waals surface area contributed by atoms with Crippen molar-refractivity contribution in [3.05, 3.63) is 56.7 Å². The lowest BCUT2D eigenvalue weighted by molar-refractivity contribution is 1.62. The molecule has 0 amide bonds. The molecule has 2 aromatic rings. The van der Waals surface area contributed by atoms with Crippen LogP contribution < -0.4 is 0 Å². The predicted molar refractivity (Wildman–Crippen MR) is 67.4 cm³/mol. The van der Waals surface area contributed by atoms with E-state index in [1.54, 1.807) is 11.3 Å². The first-order valence-corrected chi connectivity index (χ1v) is 5.99. The summed E-state index contributed by atoms with van der Waals surface area (Å²) in [5.41, 5.74) is 1.22. The van der Waals surface area contributed by atoms with E-state index in [-0.39, 0.29) is 0 Å². The highest BCUT2D eigenvalue weighted by Crippen LogP contribution is 2.15. The quantitative estimate of drug-likeness (QED) is 0.739. The summed E-state index contributed by atoms with van der Waals surface area (Å²) in [6, 6.07) is 12.5. The van der Waals surface area contributed by atoms with E-state index < -0.39 is 0 Å². The number of benzene rings is 1. The Bertz CT molecular complexity index is 412. The molecule has 70 valence electrons. The third-order valence-corrected chi connectivity index (χ3v) is 3.22. The van der Waals surface area contributed by atoms with Crippen molar-refractivity contribution < 1.29 is 0 Å². The van der Waals surface area contributed by atoms with Crippen LogP contribution in [0.3, 0.4) is 0 Å². The van der Waals surface area contributed by atoms with E-state index in [2.05, 4.69) is 57.7 Å². The molecule has 1 aromatic carbocycles. The second-order valence-electron chi connectivity index (χ2n) is 2.90. The normalized spacial score (nSPS) is 10.9. The van der Waals surface area contributed by atoms with Crippen molar-refractivity contribution in [2.75, 3.05) is 0 Å². The summed E-state index contributed by atoms with van der Waals surface area (Å²) in [6.45, 7) is 0. The smallest absolute Gasteiger partial charge is 0.0270 e. The zero-order valence-electron chi connectivity index (χ0n) is 7.48. The second-order valence-corrected chi connectivity index (χ2v) is 4.80. The van der Waals surface area contributed by atoms with Gasteiger partial charge in [-0.05, 0) is 35.2 Å². The molecule has 0 bridgehead atoms. The number of hydrogen-bond acceptors (Lipinski definition) is 1. The predicted octanol–water partition coefficient (Wildman–Crippen LogP) is 4.68. The molecule has 0 unspecified atom stereocenters. The molecule has 2 heteroatoms. The Hall–Kier alpha value is -0.860. The molecule has 0 aliphatic rings. The van der Waals surface area contributed by atoms with Crippen LogP contribution in [0.15, 0.2) is 46.3 Å². The van der Waals surface area contributed by atoms with Crippen molar-refractivity contribution >= 4 is 39.4 Å². The fourth-order valence-corrected chi connectivity index (χ4v) is 2.02. The molecule has 0 aliphatic carbocycles. The SMILES string of the molecule is Brc1ccc(C=Cc2cccs2)cc1. The number of hydrogen-bond donors (Lipinski definition) is 0. The minimum Gasteiger partial charge on any atom is -0.144 e. The first-order chi connectivity index (χ1) is 6.84. The van der Waals surface area contributed by atoms with Crippen molar-refractivity contribution in [3.63, 3.8) is 0 Å². The molecule has 0 saturated carbocycles. The van der Waals surface area contributed by atoms with Crippen molar-refractivity contribution in [1.82, 2.24) is 0 Å². The van der Waals surface area contributed by atoms with Gasteiger partial charge in [0.15, 0.2) is 0 Å². The molecule has 0 saturated heterocycles. The first kappa shape index (κ1) is 9.69. The van der Waals surface area contributed by atoms with E-state index in [1.165, 1.54) is 10.4 Å². The standard InChI is InChI=1S/C12H9BrS/c13-11-6-3-10(4-7-11)5-8-12-2-1-9-14-12/h1-9H. The van der Waals surface area contributed by atoms with Gasteiger partial charge in [-0.3, -0.25) is 0 Å². The highest BCUT2D eigenvalue weighted by atomic mass is 79.9. The molecule has 2 rings (SSSR count). The van der Waals surface area contributed by atoms with Crippen LogP contribution in [0.2, 0.25) is 0 Å². The first-order valence-electron chi connectivity index (χ1n) is 4.32. The molecule has 0 fully saturated rings. The van der Waals surface area contributed by atoms with Gasteiger partial charge in [-0.1, -0.05) is 40.2 Å². The molecular weight excluding hydrogens is 256 g/mol. The van der Waals surface area contributed by atoms with Crippen molar-refractivity contribution in [2.24, 2.45) is 0 Å². The van der Waals surface area contributed by atoms with Crippen LogP contribution in [0.4, 0.5) is 0 Å². The summed E-state index contributed by atoms with van der Waals surface area (Å²) in [4.78, 5) is 1.29. The Morgan fingerprint density at radius 2 is 1.79 bits per heavy atom. The summed E-state index contributed by atoms with van der Waals surface area (Å²) < 4.78 is 1.12. The molecular formula is C12H9BrS. The molecule has 14 heavy (non-hydrogen) atoms. The van der Waals surface area contributed by atoms with Crippen molar-refractivity contribution in [1.29, 1.82) is 0 Å². The highest BCUT2D eigenvalue weighted by molar-refractivity contribution is 9.10. The van der Waals surface area contributed by atoms with Gasteiger partial charge in [0.2, 0.25) is 0 Å². The maximum atomic E-state index is 3.41. The third-order valence-electron chi connectivity index (χ3n) is 1.85. The van der Waals surface area contributed by atoms with Gasteiger partial charge in [0.1, 0.15) is 0 Å². The van der Waals surface area contributed by atoms with Gasteiger partial charge in [0.25, 0.3) is 0 Å². The summed E-state index contributed by atoms with van der Waals surface area (Å²) in [5, 5.41) is 2.08. The van der Waals surface area contributed by atoms with Gasteiger partial charge in [-0.15, -0.1) is 11.3 Å². The summed E-state index contributed by atoms with van der Waals surface area (Å²) in [6.07, 6.45) is 4.26. The van der Waals surface area contributed by atoms with E-state index in [0.29, 0.717) is 0 Å². The Morgan fingerprint density at radius 1 is 1.00 bits per heavy atom. The van der Waals surface area contributed by atoms with Crippen LogP contribution in [0.1, 0.15) is 10.4 Å². The van der Waals surface area contributed by atoms with E-state index in [0.717, 1.165) is 4.47 Å². The van der Waals surface area contributed by atoms with Gasteiger partial charge in [-0.25, -0.2) is 0 Å². The van der Waals surface area contributed by atoms with Crippen LogP contribution >= 0.6 is 27.3 Å². The summed E-state index contributed by atoms with van der Waals surface area (Å²) >= 11 is 5.16. The van der Waals surface area contributed by atoms with Gasteiger partial charge in [0.05, 0.1) is 0 Å². The lowest BCUT2D eigenvalue weighted by atomic mass is 10.2. The van der Waals surface area contributed by atoms with E-state index in [1.807, 2.05) is 12.1 Å². The molecule has 0 nitrogen and oxygen atoms in total. The van der Waals surface area contributed by atoms with Crippen LogP contribution in [-0.4, -0.2) is 0 Å². The van der Waals surface area contributed by atoms with Gasteiger partial charge < -0.3 is 0 Å². The molecule has 0 radical (unpaired) electrons. The monoisotopic (exact) mass is 264 g/mol. The zero-order valence-corrected chi connectivity index (χ0v) is 9.88. The average molecular weight is 265 g/mol. The minimum atomic E-state index is 1.12. The van der Waals surface area contributed by atoms with Gasteiger partial charge >= 0.3 is 0 Å². The van der Waals surface area contributed by atoms with Crippen molar-refractivity contribution in [3.8, 4) is 0 Å².